The smallest absolute Gasteiger partial charge is 0.415 e. The molecule has 6 heteroatoms. The molecule has 0 aliphatic rings. The molecule has 135 valence electrons. The zero-order chi connectivity index (χ0) is 18.7. The van der Waals surface area contributed by atoms with Crippen molar-refractivity contribution in [2.45, 2.75) is 66.3 Å². The van der Waals surface area contributed by atoms with E-state index in [4.69, 9.17) is 9.16 Å². The summed E-state index contributed by atoms with van der Waals surface area (Å²) in [5, 5.41) is 0. The van der Waals surface area contributed by atoms with Gasteiger partial charge in [0.1, 0.15) is 11.4 Å². The van der Waals surface area contributed by atoms with Crippen molar-refractivity contribution in [2.75, 3.05) is 11.9 Å². The third-order valence-corrected chi connectivity index (χ3v) is 3.93. The predicted octanol–water partition coefficient (Wildman–Crippen LogP) is 4.81. The van der Waals surface area contributed by atoms with Gasteiger partial charge in [-0.2, -0.15) is 0 Å². The maximum atomic E-state index is 12.3. The Morgan fingerprint density at radius 3 is 2.25 bits per heavy atom. The number of carbonyl (C=O) groups excluding carboxylic acids is 1. The van der Waals surface area contributed by atoms with Gasteiger partial charge >= 0.3 is 6.09 Å². The van der Waals surface area contributed by atoms with Crippen molar-refractivity contribution in [2.24, 2.45) is 5.41 Å². The van der Waals surface area contributed by atoms with E-state index in [1.165, 1.54) is 4.90 Å². The normalized spacial score (nSPS) is 13.8. The highest BCUT2D eigenvalue weighted by Gasteiger charge is 2.29. The Kier molecular flexibility index (Phi) is 6.58. The van der Waals surface area contributed by atoms with E-state index < -0.39 is 20.7 Å². The van der Waals surface area contributed by atoms with E-state index in [0.29, 0.717) is 5.82 Å². The lowest BCUT2D eigenvalue weighted by Crippen LogP contribution is -2.34. The van der Waals surface area contributed by atoms with Crippen LogP contribution in [0.5, 0.6) is 0 Å². The fraction of sp³-hybridized carbons (Fsp3) is 0.667. The van der Waals surface area contributed by atoms with E-state index >= 15 is 0 Å². The SMILES string of the molecule is CN(C(=O)OC(C)(C)C)c1cc(C(O[Si](C)C)C(C)(C)C)ccn1. The number of pyridine rings is 1. The maximum Gasteiger partial charge on any atom is 0.415 e. The van der Waals surface area contributed by atoms with Crippen molar-refractivity contribution in [1.29, 1.82) is 0 Å². The van der Waals surface area contributed by atoms with Gasteiger partial charge < -0.3 is 9.16 Å². The molecule has 0 aliphatic carbocycles. The van der Waals surface area contributed by atoms with Crippen LogP contribution < -0.4 is 4.90 Å². The summed E-state index contributed by atoms with van der Waals surface area (Å²) in [5.74, 6) is 0.556. The van der Waals surface area contributed by atoms with Gasteiger partial charge in [-0.1, -0.05) is 20.8 Å². The van der Waals surface area contributed by atoms with Crippen molar-refractivity contribution < 1.29 is 14.0 Å². The van der Waals surface area contributed by atoms with Crippen LogP contribution in [0.15, 0.2) is 18.3 Å². The van der Waals surface area contributed by atoms with Crippen molar-refractivity contribution in [1.82, 2.24) is 4.98 Å². The van der Waals surface area contributed by atoms with Gasteiger partial charge in [-0.25, -0.2) is 9.78 Å². The standard InChI is InChI=1S/C18H31N2O3Si/c1-17(2,3)15(23-24(8)9)13-10-11-19-14(12-13)20(7)16(21)22-18(4,5)6/h10-12,15H,1-9H3. The van der Waals surface area contributed by atoms with Gasteiger partial charge in [0, 0.05) is 13.2 Å². The number of carbonyl (C=O) groups is 1. The Morgan fingerprint density at radius 1 is 1.21 bits per heavy atom. The summed E-state index contributed by atoms with van der Waals surface area (Å²) in [6.07, 6.45) is 1.25. The summed E-state index contributed by atoms with van der Waals surface area (Å²) >= 11 is 0. The van der Waals surface area contributed by atoms with Gasteiger partial charge in [0.05, 0.1) is 6.10 Å². The molecule has 0 fully saturated rings. The Bertz CT molecular complexity index is 562. The lowest BCUT2D eigenvalue weighted by Gasteiger charge is -2.33. The Hall–Kier alpha value is -1.40. The van der Waals surface area contributed by atoms with Crippen LogP contribution in [0.3, 0.4) is 0 Å². The summed E-state index contributed by atoms with van der Waals surface area (Å²) in [6, 6.07) is 3.86. The summed E-state index contributed by atoms with van der Waals surface area (Å²) in [5.41, 5.74) is 0.432. The van der Waals surface area contributed by atoms with Gasteiger partial charge in [-0.3, -0.25) is 4.90 Å². The highest BCUT2D eigenvalue weighted by molar-refractivity contribution is 6.48. The number of nitrogens with zero attached hydrogens (tertiary/aromatic N) is 2. The second-order valence-electron chi connectivity index (χ2n) is 8.26. The molecule has 5 nitrogen and oxygen atoms in total. The van der Waals surface area contributed by atoms with Gasteiger partial charge in [0.25, 0.3) is 0 Å². The predicted molar refractivity (Wildman–Crippen MR) is 99.6 cm³/mol. The van der Waals surface area contributed by atoms with E-state index in [1.54, 1.807) is 13.2 Å². The van der Waals surface area contributed by atoms with Crippen LogP contribution in [0.4, 0.5) is 10.6 Å². The highest BCUT2D eigenvalue weighted by Crippen LogP contribution is 2.37. The number of rotatable bonds is 4. The van der Waals surface area contributed by atoms with Crippen molar-refractivity contribution >= 4 is 21.0 Å². The third-order valence-electron chi connectivity index (χ3n) is 3.22. The fourth-order valence-corrected chi connectivity index (χ4v) is 3.15. The van der Waals surface area contributed by atoms with Crippen molar-refractivity contribution in [3.05, 3.63) is 23.9 Å². The summed E-state index contributed by atoms with van der Waals surface area (Å²) in [6.45, 7) is 16.2. The van der Waals surface area contributed by atoms with Crippen molar-refractivity contribution in [3.63, 3.8) is 0 Å². The minimum atomic E-state index is -0.861. The van der Waals surface area contributed by atoms with Crippen LogP contribution in [0, 0.1) is 5.41 Å². The first-order valence-electron chi connectivity index (χ1n) is 8.21. The Labute approximate surface area is 148 Å². The van der Waals surface area contributed by atoms with Crippen molar-refractivity contribution in [3.8, 4) is 0 Å². The molecule has 0 spiro atoms. The number of hydrogen-bond donors (Lipinski definition) is 0. The average molecular weight is 352 g/mol. The summed E-state index contributed by atoms with van der Waals surface area (Å²) in [7, 11) is 0.808. The van der Waals surface area contributed by atoms with Gasteiger partial charge in [0.2, 0.25) is 9.04 Å². The quantitative estimate of drug-likeness (QED) is 0.731. The number of amides is 1. The van der Waals surface area contributed by atoms with Crippen LogP contribution >= 0.6 is 0 Å². The molecule has 0 aliphatic heterocycles. The molecule has 1 aromatic heterocycles. The molecular formula is C18H31N2O3Si. The zero-order valence-electron chi connectivity index (χ0n) is 16.4. The molecule has 1 heterocycles. The minimum Gasteiger partial charge on any atom is -0.443 e. The largest absolute Gasteiger partial charge is 0.443 e. The molecule has 1 atom stereocenters. The molecule has 1 radical (unpaired) electrons. The zero-order valence-corrected chi connectivity index (χ0v) is 17.4. The van der Waals surface area contributed by atoms with Crippen LogP contribution in [0.1, 0.15) is 53.2 Å². The molecule has 24 heavy (non-hydrogen) atoms. The monoisotopic (exact) mass is 351 g/mol. The van der Waals surface area contributed by atoms with Crippen LogP contribution in [0.25, 0.3) is 0 Å². The third kappa shape index (κ3) is 6.24. The summed E-state index contributed by atoms with van der Waals surface area (Å²) < 4.78 is 11.6. The van der Waals surface area contributed by atoms with Crippen LogP contribution in [0.2, 0.25) is 13.1 Å². The molecule has 0 aromatic carbocycles. The fourth-order valence-electron chi connectivity index (χ4n) is 2.19. The van der Waals surface area contributed by atoms with Gasteiger partial charge in [-0.05, 0) is 57.0 Å². The molecular weight excluding hydrogens is 320 g/mol. The first-order chi connectivity index (χ1) is 10.8. The minimum absolute atomic E-state index is 0.0461. The Morgan fingerprint density at radius 2 is 1.79 bits per heavy atom. The second-order valence-corrected chi connectivity index (χ2v) is 10.3. The molecule has 1 rings (SSSR count). The lowest BCUT2D eigenvalue weighted by atomic mass is 9.85. The van der Waals surface area contributed by atoms with E-state index in [0.717, 1.165) is 5.56 Å². The molecule has 0 saturated carbocycles. The topological polar surface area (TPSA) is 51.7 Å². The maximum absolute atomic E-state index is 12.3. The lowest BCUT2D eigenvalue weighted by molar-refractivity contribution is 0.0588. The average Bonchev–Trinajstić information content (AvgIpc) is 2.41. The van der Waals surface area contributed by atoms with E-state index in [9.17, 15) is 4.79 Å². The molecule has 0 saturated heterocycles. The number of anilines is 1. The number of hydrogen-bond acceptors (Lipinski definition) is 4. The first kappa shape index (κ1) is 20.6. The van der Waals surface area contributed by atoms with Crippen LogP contribution in [-0.2, 0) is 9.16 Å². The number of aromatic nitrogens is 1. The first-order valence-corrected chi connectivity index (χ1v) is 10.6. The van der Waals surface area contributed by atoms with Gasteiger partial charge in [-0.15, -0.1) is 0 Å². The molecule has 0 N–H and O–H groups in total. The van der Waals surface area contributed by atoms with E-state index in [-0.39, 0.29) is 11.5 Å². The van der Waals surface area contributed by atoms with E-state index in [2.05, 4.69) is 38.8 Å². The summed E-state index contributed by atoms with van der Waals surface area (Å²) in [4.78, 5) is 18.0. The molecule has 0 bridgehead atoms. The van der Waals surface area contributed by atoms with E-state index in [1.807, 2.05) is 32.9 Å². The second kappa shape index (κ2) is 7.65. The Balaban J connectivity index is 3.09. The molecule has 1 amide bonds. The molecule has 1 aromatic rings. The highest BCUT2D eigenvalue weighted by atomic mass is 28.3. The van der Waals surface area contributed by atoms with Crippen LogP contribution in [-0.4, -0.2) is 32.8 Å². The molecule has 1 unspecified atom stereocenters. The number of ether oxygens (including phenoxy) is 1. The van der Waals surface area contributed by atoms with Gasteiger partial charge in [0.15, 0.2) is 0 Å².